The highest BCUT2D eigenvalue weighted by molar-refractivity contribution is 7.11. The van der Waals surface area contributed by atoms with E-state index in [0.717, 1.165) is 17.1 Å². The summed E-state index contributed by atoms with van der Waals surface area (Å²) in [5.41, 5.74) is 0.855. The summed E-state index contributed by atoms with van der Waals surface area (Å²) < 4.78 is 0. The summed E-state index contributed by atoms with van der Waals surface area (Å²) in [6.07, 6.45) is 1.86. The molecule has 2 aromatic rings. The molecule has 4 nitrogen and oxygen atoms in total. The molecule has 18 heavy (non-hydrogen) atoms. The van der Waals surface area contributed by atoms with Crippen LogP contribution in [-0.4, -0.2) is 15.2 Å². The van der Waals surface area contributed by atoms with Crippen molar-refractivity contribution in [3.63, 3.8) is 0 Å². The number of benzene rings is 1. The maximum atomic E-state index is 9.44. The molecule has 1 aromatic heterocycles. The third kappa shape index (κ3) is 3.21. The van der Waals surface area contributed by atoms with Gasteiger partial charge >= 0.3 is 0 Å². The minimum atomic E-state index is 0.0467. The standard InChI is InChI=1S/C13H16N2O2S/c1-8(10-3-11(16)5-12(17)4-10)14-6-13-7-15-9(2)18-13/h3-5,7-8,14,16-17H,6H2,1-2H3. The van der Waals surface area contributed by atoms with Crippen LogP contribution in [0.4, 0.5) is 0 Å². The molecule has 2 rings (SSSR count). The summed E-state index contributed by atoms with van der Waals surface area (Å²) in [4.78, 5) is 5.36. The van der Waals surface area contributed by atoms with Crippen molar-refractivity contribution in [1.29, 1.82) is 0 Å². The Labute approximate surface area is 110 Å². The van der Waals surface area contributed by atoms with Gasteiger partial charge in [-0.2, -0.15) is 0 Å². The van der Waals surface area contributed by atoms with E-state index in [4.69, 9.17) is 0 Å². The largest absolute Gasteiger partial charge is 0.508 e. The Kier molecular flexibility index (Phi) is 3.84. The lowest BCUT2D eigenvalue weighted by molar-refractivity contribution is 0.446. The second-order valence-electron chi connectivity index (χ2n) is 4.23. The van der Waals surface area contributed by atoms with Gasteiger partial charge in [0.25, 0.3) is 0 Å². The molecule has 0 amide bonds. The van der Waals surface area contributed by atoms with E-state index < -0.39 is 0 Å². The van der Waals surface area contributed by atoms with Crippen LogP contribution in [0.25, 0.3) is 0 Å². The maximum absolute atomic E-state index is 9.44. The van der Waals surface area contributed by atoms with E-state index in [1.807, 2.05) is 20.0 Å². The van der Waals surface area contributed by atoms with Crippen LogP contribution in [0, 0.1) is 6.92 Å². The molecule has 0 spiro atoms. The lowest BCUT2D eigenvalue weighted by atomic mass is 10.1. The van der Waals surface area contributed by atoms with Gasteiger partial charge < -0.3 is 15.5 Å². The Morgan fingerprint density at radius 2 is 1.94 bits per heavy atom. The molecule has 0 aliphatic rings. The third-order valence-corrected chi connectivity index (χ3v) is 3.59. The van der Waals surface area contributed by atoms with Crippen LogP contribution in [0.1, 0.15) is 28.4 Å². The number of phenolic OH excluding ortho intramolecular Hbond substituents is 2. The summed E-state index contributed by atoms with van der Waals surface area (Å²) in [7, 11) is 0. The Bertz CT molecular complexity index is 519. The molecule has 1 heterocycles. The Morgan fingerprint density at radius 3 is 2.50 bits per heavy atom. The fraction of sp³-hybridized carbons (Fsp3) is 0.308. The van der Waals surface area contributed by atoms with E-state index in [9.17, 15) is 10.2 Å². The van der Waals surface area contributed by atoms with Crippen molar-refractivity contribution in [2.75, 3.05) is 0 Å². The van der Waals surface area contributed by atoms with Crippen LogP contribution in [0.15, 0.2) is 24.4 Å². The fourth-order valence-electron chi connectivity index (χ4n) is 1.73. The fourth-order valence-corrected chi connectivity index (χ4v) is 2.47. The molecule has 0 bridgehead atoms. The number of rotatable bonds is 4. The Morgan fingerprint density at radius 1 is 1.28 bits per heavy atom. The lowest BCUT2D eigenvalue weighted by Crippen LogP contribution is -2.17. The molecule has 0 saturated carbocycles. The van der Waals surface area contributed by atoms with Gasteiger partial charge in [0.05, 0.1) is 5.01 Å². The first-order valence-electron chi connectivity index (χ1n) is 5.72. The minimum Gasteiger partial charge on any atom is -0.508 e. The topological polar surface area (TPSA) is 65.4 Å². The van der Waals surface area contributed by atoms with Crippen LogP contribution >= 0.6 is 11.3 Å². The van der Waals surface area contributed by atoms with E-state index in [1.54, 1.807) is 23.5 Å². The van der Waals surface area contributed by atoms with Crippen molar-refractivity contribution in [2.24, 2.45) is 0 Å². The van der Waals surface area contributed by atoms with E-state index >= 15 is 0 Å². The summed E-state index contributed by atoms with van der Waals surface area (Å²) in [5, 5.41) is 23.3. The highest BCUT2D eigenvalue weighted by atomic mass is 32.1. The predicted molar refractivity (Wildman–Crippen MR) is 71.9 cm³/mol. The molecule has 1 aromatic carbocycles. The van der Waals surface area contributed by atoms with Gasteiger partial charge in [-0.15, -0.1) is 11.3 Å². The van der Waals surface area contributed by atoms with E-state index in [0.29, 0.717) is 0 Å². The van der Waals surface area contributed by atoms with Crippen molar-refractivity contribution in [1.82, 2.24) is 10.3 Å². The van der Waals surface area contributed by atoms with Gasteiger partial charge in [0.2, 0.25) is 0 Å². The first kappa shape index (κ1) is 12.9. The third-order valence-electron chi connectivity index (χ3n) is 2.68. The maximum Gasteiger partial charge on any atom is 0.119 e. The van der Waals surface area contributed by atoms with Gasteiger partial charge in [0, 0.05) is 29.7 Å². The Hall–Kier alpha value is -1.59. The van der Waals surface area contributed by atoms with E-state index in [2.05, 4.69) is 10.3 Å². The summed E-state index contributed by atoms with van der Waals surface area (Å²) in [5.74, 6) is 0.152. The van der Waals surface area contributed by atoms with Gasteiger partial charge in [0.15, 0.2) is 0 Å². The highest BCUT2D eigenvalue weighted by Gasteiger charge is 2.08. The summed E-state index contributed by atoms with van der Waals surface area (Å²) in [6, 6.07) is 4.67. The number of aromatic nitrogens is 1. The van der Waals surface area contributed by atoms with Gasteiger partial charge in [-0.05, 0) is 31.5 Å². The zero-order valence-electron chi connectivity index (χ0n) is 10.3. The smallest absolute Gasteiger partial charge is 0.119 e. The number of hydrogen-bond donors (Lipinski definition) is 3. The van der Waals surface area contributed by atoms with Crippen LogP contribution in [0.2, 0.25) is 0 Å². The van der Waals surface area contributed by atoms with Crippen molar-refractivity contribution in [3.8, 4) is 11.5 Å². The number of nitrogens with one attached hydrogen (secondary N) is 1. The second kappa shape index (κ2) is 5.37. The van der Waals surface area contributed by atoms with Crippen LogP contribution in [0.3, 0.4) is 0 Å². The van der Waals surface area contributed by atoms with Gasteiger partial charge in [-0.3, -0.25) is 0 Å². The molecule has 0 aliphatic heterocycles. The highest BCUT2D eigenvalue weighted by Crippen LogP contribution is 2.25. The molecular weight excluding hydrogens is 248 g/mol. The first-order chi connectivity index (χ1) is 8.54. The molecule has 0 saturated heterocycles. The number of phenols is 2. The average molecular weight is 264 g/mol. The van der Waals surface area contributed by atoms with Crippen LogP contribution in [0.5, 0.6) is 11.5 Å². The van der Waals surface area contributed by atoms with Crippen molar-refractivity contribution in [2.45, 2.75) is 26.4 Å². The molecule has 0 radical (unpaired) electrons. The second-order valence-corrected chi connectivity index (χ2v) is 5.55. The van der Waals surface area contributed by atoms with Crippen LogP contribution in [-0.2, 0) is 6.54 Å². The number of hydrogen-bond acceptors (Lipinski definition) is 5. The summed E-state index contributed by atoms with van der Waals surface area (Å²) >= 11 is 1.66. The monoisotopic (exact) mass is 264 g/mol. The quantitative estimate of drug-likeness (QED) is 0.794. The zero-order chi connectivity index (χ0) is 13.1. The number of aromatic hydroxyl groups is 2. The molecule has 1 atom stereocenters. The van der Waals surface area contributed by atoms with Gasteiger partial charge in [0.1, 0.15) is 11.5 Å². The minimum absolute atomic E-state index is 0.0467. The van der Waals surface area contributed by atoms with Crippen molar-refractivity contribution >= 4 is 11.3 Å². The molecular formula is C13H16N2O2S. The number of nitrogens with zero attached hydrogens (tertiary/aromatic N) is 1. The molecule has 1 unspecified atom stereocenters. The number of aryl methyl sites for hydroxylation is 1. The SMILES string of the molecule is Cc1ncc(CNC(C)c2cc(O)cc(O)c2)s1. The van der Waals surface area contributed by atoms with Crippen molar-refractivity contribution in [3.05, 3.63) is 39.8 Å². The van der Waals surface area contributed by atoms with E-state index in [1.165, 1.54) is 10.9 Å². The normalized spacial score (nSPS) is 12.6. The molecule has 0 fully saturated rings. The average Bonchev–Trinajstić information content (AvgIpc) is 2.70. The van der Waals surface area contributed by atoms with Gasteiger partial charge in [-0.25, -0.2) is 4.98 Å². The van der Waals surface area contributed by atoms with Gasteiger partial charge in [-0.1, -0.05) is 0 Å². The molecule has 3 N–H and O–H groups in total. The Balaban J connectivity index is 2.01. The summed E-state index contributed by atoms with van der Waals surface area (Å²) in [6.45, 7) is 4.69. The lowest BCUT2D eigenvalue weighted by Gasteiger charge is -2.14. The first-order valence-corrected chi connectivity index (χ1v) is 6.54. The van der Waals surface area contributed by atoms with E-state index in [-0.39, 0.29) is 17.5 Å². The molecule has 0 aliphatic carbocycles. The van der Waals surface area contributed by atoms with Crippen molar-refractivity contribution < 1.29 is 10.2 Å². The molecule has 96 valence electrons. The number of thiazole rings is 1. The predicted octanol–water partition coefficient (Wildman–Crippen LogP) is 2.71. The molecule has 5 heteroatoms. The zero-order valence-corrected chi connectivity index (χ0v) is 11.2. The van der Waals surface area contributed by atoms with Crippen LogP contribution < -0.4 is 5.32 Å².